The van der Waals surface area contributed by atoms with Gasteiger partial charge in [0, 0.05) is 12.4 Å². The SMILES string of the molecule is O=C(O)c1ccc(CN=Nc2ccc(/C=C/c3ccccn3)cc2)nc1. The third-order valence-electron chi connectivity index (χ3n) is 3.52. The van der Waals surface area contributed by atoms with Gasteiger partial charge >= 0.3 is 5.97 Å². The normalized spacial score (nSPS) is 11.2. The van der Waals surface area contributed by atoms with Gasteiger partial charge in [0.1, 0.15) is 6.54 Å². The van der Waals surface area contributed by atoms with Crippen LogP contribution >= 0.6 is 0 Å². The Balaban J connectivity index is 1.57. The second-order valence-electron chi connectivity index (χ2n) is 5.42. The zero-order chi connectivity index (χ0) is 18.2. The Morgan fingerprint density at radius 2 is 1.85 bits per heavy atom. The van der Waals surface area contributed by atoms with Crippen molar-refractivity contribution in [1.29, 1.82) is 0 Å². The summed E-state index contributed by atoms with van der Waals surface area (Å²) in [6.45, 7) is 0.293. The lowest BCUT2D eigenvalue weighted by atomic mass is 10.2. The van der Waals surface area contributed by atoms with Gasteiger partial charge in [-0.2, -0.15) is 10.2 Å². The lowest BCUT2D eigenvalue weighted by Crippen LogP contribution is -1.98. The summed E-state index contributed by atoms with van der Waals surface area (Å²) in [6.07, 6.45) is 7.00. The van der Waals surface area contributed by atoms with Crippen LogP contribution in [-0.4, -0.2) is 21.0 Å². The Labute approximate surface area is 150 Å². The molecule has 1 aromatic carbocycles. The van der Waals surface area contributed by atoms with Gasteiger partial charge in [-0.3, -0.25) is 9.97 Å². The maximum absolute atomic E-state index is 10.8. The average Bonchev–Trinajstić information content (AvgIpc) is 2.68. The minimum absolute atomic E-state index is 0.153. The van der Waals surface area contributed by atoms with Crippen LogP contribution < -0.4 is 0 Å². The molecular formula is C20H16N4O2. The second-order valence-corrected chi connectivity index (χ2v) is 5.42. The van der Waals surface area contributed by atoms with Crippen molar-refractivity contribution in [3.8, 4) is 0 Å². The summed E-state index contributed by atoms with van der Waals surface area (Å²) >= 11 is 0. The van der Waals surface area contributed by atoms with Crippen molar-refractivity contribution < 1.29 is 9.90 Å². The lowest BCUT2D eigenvalue weighted by molar-refractivity contribution is 0.0696. The number of aromatic carboxylic acids is 1. The minimum atomic E-state index is -0.997. The van der Waals surface area contributed by atoms with E-state index in [1.165, 1.54) is 12.3 Å². The highest BCUT2D eigenvalue weighted by atomic mass is 16.4. The van der Waals surface area contributed by atoms with Crippen molar-refractivity contribution in [2.24, 2.45) is 10.2 Å². The highest BCUT2D eigenvalue weighted by Crippen LogP contribution is 2.16. The smallest absolute Gasteiger partial charge is 0.337 e. The number of benzene rings is 1. The average molecular weight is 344 g/mol. The van der Waals surface area contributed by atoms with Crippen LogP contribution in [0, 0.1) is 0 Å². The van der Waals surface area contributed by atoms with Crippen LogP contribution in [0.3, 0.4) is 0 Å². The molecule has 6 heteroatoms. The molecule has 0 bridgehead atoms. The highest BCUT2D eigenvalue weighted by Gasteiger charge is 2.02. The van der Waals surface area contributed by atoms with Gasteiger partial charge in [-0.1, -0.05) is 24.3 Å². The van der Waals surface area contributed by atoms with E-state index in [0.29, 0.717) is 12.2 Å². The van der Waals surface area contributed by atoms with Gasteiger partial charge in [0.15, 0.2) is 0 Å². The number of azo groups is 1. The van der Waals surface area contributed by atoms with Gasteiger partial charge in [-0.05, 0) is 48.0 Å². The molecular weight excluding hydrogens is 328 g/mol. The van der Waals surface area contributed by atoms with E-state index in [9.17, 15) is 4.79 Å². The van der Waals surface area contributed by atoms with E-state index >= 15 is 0 Å². The van der Waals surface area contributed by atoms with Crippen LogP contribution in [0.4, 0.5) is 5.69 Å². The Morgan fingerprint density at radius 1 is 1.00 bits per heavy atom. The van der Waals surface area contributed by atoms with Crippen LogP contribution in [-0.2, 0) is 6.54 Å². The fraction of sp³-hybridized carbons (Fsp3) is 0.0500. The van der Waals surface area contributed by atoms with Crippen LogP contribution in [0.1, 0.15) is 27.3 Å². The minimum Gasteiger partial charge on any atom is -0.478 e. The molecule has 0 fully saturated rings. The second kappa shape index (κ2) is 8.43. The Hall–Kier alpha value is -3.67. The maximum Gasteiger partial charge on any atom is 0.337 e. The molecule has 0 amide bonds. The lowest BCUT2D eigenvalue weighted by Gasteiger charge is -1.97. The molecule has 6 nitrogen and oxygen atoms in total. The molecule has 26 heavy (non-hydrogen) atoms. The summed E-state index contributed by atoms with van der Waals surface area (Å²) in [5.41, 5.74) is 3.49. The summed E-state index contributed by atoms with van der Waals surface area (Å²) in [5, 5.41) is 17.1. The summed E-state index contributed by atoms with van der Waals surface area (Å²) in [7, 11) is 0. The zero-order valence-corrected chi connectivity index (χ0v) is 13.9. The number of hydrogen-bond donors (Lipinski definition) is 1. The molecule has 0 atom stereocenters. The molecule has 2 aromatic heterocycles. The van der Waals surface area contributed by atoms with Crippen molar-refractivity contribution in [3.05, 3.63) is 89.5 Å². The molecule has 0 radical (unpaired) electrons. The number of carbonyl (C=O) groups is 1. The van der Waals surface area contributed by atoms with Crippen LogP contribution in [0.15, 0.2) is 77.2 Å². The highest BCUT2D eigenvalue weighted by molar-refractivity contribution is 5.87. The molecule has 128 valence electrons. The largest absolute Gasteiger partial charge is 0.478 e. The molecule has 0 saturated carbocycles. The molecule has 0 aliphatic carbocycles. The number of nitrogens with zero attached hydrogens (tertiary/aromatic N) is 4. The van der Waals surface area contributed by atoms with E-state index in [4.69, 9.17) is 5.11 Å². The Kier molecular flexibility index (Phi) is 5.57. The summed E-state index contributed by atoms with van der Waals surface area (Å²) in [5.74, 6) is -0.997. The predicted molar refractivity (Wildman–Crippen MR) is 99.0 cm³/mol. The predicted octanol–water partition coefficient (Wildman–Crippen LogP) is 4.63. The molecule has 3 aromatic rings. The van der Waals surface area contributed by atoms with Crippen molar-refractivity contribution in [1.82, 2.24) is 9.97 Å². The van der Waals surface area contributed by atoms with Gasteiger partial charge < -0.3 is 5.11 Å². The Morgan fingerprint density at radius 3 is 2.50 bits per heavy atom. The van der Waals surface area contributed by atoms with Crippen molar-refractivity contribution in [3.63, 3.8) is 0 Å². The quantitative estimate of drug-likeness (QED) is 0.660. The first-order valence-corrected chi connectivity index (χ1v) is 7.95. The van der Waals surface area contributed by atoms with E-state index in [1.807, 2.05) is 54.6 Å². The molecule has 0 saturated heterocycles. The number of carboxylic acids is 1. The number of hydrogen-bond acceptors (Lipinski definition) is 5. The van der Waals surface area contributed by atoms with Gasteiger partial charge in [-0.15, -0.1) is 0 Å². The fourth-order valence-electron chi connectivity index (χ4n) is 2.14. The topological polar surface area (TPSA) is 87.8 Å². The van der Waals surface area contributed by atoms with E-state index < -0.39 is 5.97 Å². The Bertz CT molecular complexity index is 918. The number of aromatic nitrogens is 2. The first-order chi connectivity index (χ1) is 12.7. The molecule has 3 rings (SSSR count). The zero-order valence-electron chi connectivity index (χ0n) is 13.9. The van der Waals surface area contributed by atoms with E-state index in [0.717, 1.165) is 16.9 Å². The number of carboxylic acid groups (broad SMARTS) is 1. The first kappa shape index (κ1) is 17.2. The van der Waals surface area contributed by atoms with E-state index in [1.54, 1.807) is 12.3 Å². The summed E-state index contributed by atoms with van der Waals surface area (Å²) in [6, 6.07) is 16.6. The van der Waals surface area contributed by atoms with Gasteiger partial charge in [-0.25, -0.2) is 4.79 Å². The van der Waals surface area contributed by atoms with Gasteiger partial charge in [0.2, 0.25) is 0 Å². The van der Waals surface area contributed by atoms with E-state index in [2.05, 4.69) is 20.2 Å². The molecule has 0 unspecified atom stereocenters. The number of pyridine rings is 2. The molecule has 2 heterocycles. The van der Waals surface area contributed by atoms with Gasteiger partial charge in [0.05, 0.1) is 22.6 Å². The summed E-state index contributed by atoms with van der Waals surface area (Å²) < 4.78 is 0. The molecule has 0 spiro atoms. The summed E-state index contributed by atoms with van der Waals surface area (Å²) in [4.78, 5) is 19.1. The van der Waals surface area contributed by atoms with Crippen LogP contribution in [0.25, 0.3) is 12.2 Å². The third-order valence-corrected chi connectivity index (χ3v) is 3.52. The number of rotatable bonds is 6. The van der Waals surface area contributed by atoms with Crippen LogP contribution in [0.2, 0.25) is 0 Å². The molecule has 1 N–H and O–H groups in total. The molecule has 0 aliphatic heterocycles. The van der Waals surface area contributed by atoms with Crippen molar-refractivity contribution in [2.75, 3.05) is 0 Å². The fourth-order valence-corrected chi connectivity index (χ4v) is 2.14. The van der Waals surface area contributed by atoms with Gasteiger partial charge in [0.25, 0.3) is 0 Å². The first-order valence-electron chi connectivity index (χ1n) is 7.95. The van der Waals surface area contributed by atoms with Crippen molar-refractivity contribution in [2.45, 2.75) is 6.54 Å². The molecule has 0 aliphatic rings. The monoisotopic (exact) mass is 344 g/mol. The van der Waals surface area contributed by atoms with E-state index in [-0.39, 0.29) is 5.56 Å². The van der Waals surface area contributed by atoms with Crippen LogP contribution in [0.5, 0.6) is 0 Å². The maximum atomic E-state index is 10.8. The standard InChI is InChI=1S/C20H16N4O2/c25-20(26)16-7-11-19(22-13-16)14-23-24-18-9-5-15(6-10-18)4-8-17-3-1-2-12-21-17/h1-13H,14H2,(H,25,26)/b8-4+,24-23?. The third kappa shape index (κ3) is 4.91. The van der Waals surface area contributed by atoms with Crippen molar-refractivity contribution >= 4 is 23.8 Å².